The van der Waals surface area contributed by atoms with Gasteiger partial charge in [0.15, 0.2) is 0 Å². The van der Waals surface area contributed by atoms with Gasteiger partial charge in [-0.3, -0.25) is 9.69 Å². The van der Waals surface area contributed by atoms with Gasteiger partial charge in [0.1, 0.15) is 5.82 Å². The summed E-state index contributed by atoms with van der Waals surface area (Å²) in [6.07, 6.45) is 1.75. The molecular weight excluding hydrogens is 347 g/mol. The normalized spacial score (nSPS) is 17.3. The largest absolute Gasteiger partial charge is 0.465 e. The zero-order valence-corrected chi connectivity index (χ0v) is 15.3. The molecule has 1 aliphatic heterocycles. The third kappa shape index (κ3) is 5.14. The second kappa shape index (κ2) is 8.77. The molecule has 0 radical (unpaired) electrons. The van der Waals surface area contributed by atoms with Gasteiger partial charge in [0.2, 0.25) is 5.91 Å². The molecule has 1 amide bonds. The van der Waals surface area contributed by atoms with Crippen LogP contribution in [0.4, 0.5) is 10.1 Å². The van der Waals surface area contributed by atoms with E-state index in [2.05, 4.69) is 10.2 Å². The number of ether oxygens (including phenoxy) is 1. The van der Waals surface area contributed by atoms with Gasteiger partial charge in [-0.1, -0.05) is 18.2 Å². The van der Waals surface area contributed by atoms with Crippen molar-refractivity contribution in [3.8, 4) is 0 Å². The van der Waals surface area contributed by atoms with Gasteiger partial charge < -0.3 is 10.1 Å². The molecule has 6 heteroatoms. The van der Waals surface area contributed by atoms with Crippen LogP contribution in [-0.4, -0.2) is 37.0 Å². The lowest BCUT2D eigenvalue weighted by atomic mass is 9.96. The maximum Gasteiger partial charge on any atom is 0.337 e. The highest BCUT2D eigenvalue weighted by Gasteiger charge is 2.26. The van der Waals surface area contributed by atoms with E-state index in [1.165, 1.54) is 19.2 Å². The van der Waals surface area contributed by atoms with Gasteiger partial charge in [0, 0.05) is 18.8 Å². The first-order chi connectivity index (χ1) is 13.0. The topological polar surface area (TPSA) is 58.6 Å². The van der Waals surface area contributed by atoms with Crippen molar-refractivity contribution in [2.45, 2.75) is 19.4 Å². The van der Waals surface area contributed by atoms with Gasteiger partial charge in [0.05, 0.1) is 18.6 Å². The van der Waals surface area contributed by atoms with E-state index in [0.717, 1.165) is 24.9 Å². The maximum atomic E-state index is 13.0. The standard InChI is InChI=1S/C21H23FN2O3/c1-27-21(26)16-4-2-6-19(12-16)23-20(25)17-5-3-11-24(14-17)13-15-7-9-18(22)10-8-15/h2,4,6-10,12,17H,3,5,11,13-14H2,1H3,(H,23,25)/t17-/m0/s1. The molecule has 1 atom stereocenters. The van der Waals surface area contributed by atoms with Gasteiger partial charge in [-0.25, -0.2) is 9.18 Å². The van der Waals surface area contributed by atoms with Gasteiger partial charge in [-0.05, 0) is 55.3 Å². The molecule has 2 aromatic rings. The number of hydrogen-bond acceptors (Lipinski definition) is 4. The fourth-order valence-electron chi connectivity index (χ4n) is 3.35. The van der Waals surface area contributed by atoms with Crippen molar-refractivity contribution in [3.05, 3.63) is 65.5 Å². The summed E-state index contributed by atoms with van der Waals surface area (Å²) >= 11 is 0. The highest BCUT2D eigenvalue weighted by Crippen LogP contribution is 2.21. The van der Waals surface area contributed by atoms with E-state index < -0.39 is 5.97 Å². The van der Waals surface area contributed by atoms with Gasteiger partial charge in [-0.15, -0.1) is 0 Å². The molecule has 5 nitrogen and oxygen atoms in total. The summed E-state index contributed by atoms with van der Waals surface area (Å²) in [6.45, 7) is 2.26. The predicted molar refractivity (Wildman–Crippen MR) is 101 cm³/mol. The first kappa shape index (κ1) is 19.0. The molecule has 1 heterocycles. The second-order valence-corrected chi connectivity index (χ2v) is 6.76. The molecule has 1 N–H and O–H groups in total. The second-order valence-electron chi connectivity index (χ2n) is 6.76. The summed E-state index contributed by atoms with van der Waals surface area (Å²) in [5.41, 5.74) is 2.01. The Balaban J connectivity index is 1.59. The quantitative estimate of drug-likeness (QED) is 0.819. The van der Waals surface area contributed by atoms with E-state index in [1.54, 1.807) is 36.4 Å². The molecule has 0 spiro atoms. The monoisotopic (exact) mass is 370 g/mol. The van der Waals surface area contributed by atoms with Crippen molar-refractivity contribution >= 4 is 17.6 Å². The number of esters is 1. The zero-order valence-electron chi connectivity index (χ0n) is 15.3. The van der Waals surface area contributed by atoms with Crippen LogP contribution >= 0.6 is 0 Å². The Kier molecular flexibility index (Phi) is 6.19. The molecule has 0 bridgehead atoms. The molecule has 142 valence electrons. The Morgan fingerprint density at radius 2 is 2.00 bits per heavy atom. The third-order valence-corrected chi connectivity index (χ3v) is 4.75. The number of nitrogens with zero attached hydrogens (tertiary/aromatic N) is 1. The van der Waals surface area contributed by atoms with E-state index in [4.69, 9.17) is 4.74 Å². The van der Waals surface area contributed by atoms with E-state index >= 15 is 0 Å². The van der Waals surface area contributed by atoms with Crippen molar-refractivity contribution < 1.29 is 18.7 Å². The van der Waals surface area contributed by atoms with Crippen LogP contribution in [0.25, 0.3) is 0 Å². The van der Waals surface area contributed by atoms with Crippen molar-refractivity contribution in [2.24, 2.45) is 5.92 Å². The molecule has 2 aromatic carbocycles. The summed E-state index contributed by atoms with van der Waals surface area (Å²) in [5, 5.41) is 2.90. The fourth-order valence-corrected chi connectivity index (χ4v) is 3.35. The summed E-state index contributed by atoms with van der Waals surface area (Å²) in [4.78, 5) is 26.5. The molecule has 0 saturated carbocycles. The predicted octanol–water partition coefficient (Wildman–Crippen LogP) is 3.46. The average molecular weight is 370 g/mol. The minimum Gasteiger partial charge on any atom is -0.465 e. The molecule has 3 rings (SSSR count). The van der Waals surface area contributed by atoms with E-state index in [1.807, 2.05) is 0 Å². The van der Waals surface area contributed by atoms with Crippen molar-refractivity contribution in [1.29, 1.82) is 0 Å². The van der Waals surface area contributed by atoms with Crippen LogP contribution in [0.2, 0.25) is 0 Å². The number of hydrogen-bond donors (Lipinski definition) is 1. The number of carbonyl (C=O) groups is 2. The van der Waals surface area contributed by atoms with E-state index in [-0.39, 0.29) is 17.6 Å². The van der Waals surface area contributed by atoms with Crippen molar-refractivity contribution in [3.63, 3.8) is 0 Å². The van der Waals surface area contributed by atoms with Crippen LogP contribution in [0.15, 0.2) is 48.5 Å². The zero-order chi connectivity index (χ0) is 19.2. The number of nitrogens with one attached hydrogen (secondary N) is 1. The number of methoxy groups -OCH3 is 1. The third-order valence-electron chi connectivity index (χ3n) is 4.75. The van der Waals surface area contributed by atoms with Gasteiger partial charge >= 0.3 is 5.97 Å². The van der Waals surface area contributed by atoms with Crippen LogP contribution in [0.5, 0.6) is 0 Å². The Hall–Kier alpha value is -2.73. The lowest BCUT2D eigenvalue weighted by Gasteiger charge is -2.32. The molecule has 0 aliphatic carbocycles. The molecule has 1 aliphatic rings. The Bertz CT molecular complexity index is 807. The first-order valence-corrected chi connectivity index (χ1v) is 9.01. The van der Waals surface area contributed by atoms with Crippen LogP contribution in [-0.2, 0) is 16.1 Å². The van der Waals surface area contributed by atoms with Crippen LogP contribution in [0.1, 0.15) is 28.8 Å². The highest BCUT2D eigenvalue weighted by atomic mass is 19.1. The van der Waals surface area contributed by atoms with Crippen LogP contribution in [0, 0.1) is 11.7 Å². The number of likely N-dealkylation sites (tertiary alicyclic amines) is 1. The summed E-state index contributed by atoms with van der Waals surface area (Å²) in [5.74, 6) is -0.861. The number of rotatable bonds is 5. The average Bonchev–Trinajstić information content (AvgIpc) is 2.69. The summed E-state index contributed by atoms with van der Waals surface area (Å²) < 4.78 is 17.8. The first-order valence-electron chi connectivity index (χ1n) is 9.01. The molecule has 0 unspecified atom stereocenters. The Morgan fingerprint density at radius 3 is 2.74 bits per heavy atom. The lowest BCUT2D eigenvalue weighted by Crippen LogP contribution is -2.40. The van der Waals surface area contributed by atoms with Gasteiger partial charge in [-0.2, -0.15) is 0 Å². The highest BCUT2D eigenvalue weighted by molar-refractivity contribution is 5.95. The minimum absolute atomic E-state index is 0.0548. The molecular formula is C21H23FN2O3. The number of carbonyl (C=O) groups excluding carboxylic acids is 2. The number of piperidine rings is 1. The smallest absolute Gasteiger partial charge is 0.337 e. The van der Waals surface area contributed by atoms with Crippen molar-refractivity contribution in [2.75, 3.05) is 25.5 Å². The number of benzene rings is 2. The number of anilines is 1. The Morgan fingerprint density at radius 1 is 1.22 bits per heavy atom. The van der Waals surface area contributed by atoms with Crippen LogP contribution in [0.3, 0.4) is 0 Å². The van der Waals surface area contributed by atoms with E-state index in [0.29, 0.717) is 24.3 Å². The van der Waals surface area contributed by atoms with Crippen LogP contribution < -0.4 is 5.32 Å². The van der Waals surface area contributed by atoms with Crippen molar-refractivity contribution in [1.82, 2.24) is 4.90 Å². The lowest BCUT2D eigenvalue weighted by molar-refractivity contribution is -0.121. The molecule has 0 aromatic heterocycles. The molecule has 27 heavy (non-hydrogen) atoms. The fraction of sp³-hybridized carbons (Fsp3) is 0.333. The molecule has 1 fully saturated rings. The van der Waals surface area contributed by atoms with Gasteiger partial charge in [0.25, 0.3) is 0 Å². The maximum absolute atomic E-state index is 13.0. The Labute approximate surface area is 158 Å². The molecule has 1 saturated heterocycles. The SMILES string of the molecule is COC(=O)c1cccc(NC(=O)[C@H]2CCCN(Cc3ccc(F)cc3)C2)c1. The van der Waals surface area contributed by atoms with E-state index in [9.17, 15) is 14.0 Å². The summed E-state index contributed by atoms with van der Waals surface area (Å²) in [7, 11) is 1.32. The summed E-state index contributed by atoms with van der Waals surface area (Å²) in [6, 6.07) is 13.2. The number of halogens is 1. The number of amides is 1. The minimum atomic E-state index is -0.436.